The van der Waals surface area contributed by atoms with Crippen LogP contribution in [0.25, 0.3) is 0 Å². The van der Waals surface area contributed by atoms with Crippen LogP contribution in [0.15, 0.2) is 78.9 Å². The average molecular weight is 457 g/mol. The van der Waals surface area contributed by atoms with Crippen LogP contribution in [-0.4, -0.2) is 43.1 Å². The van der Waals surface area contributed by atoms with Gasteiger partial charge in [-0.2, -0.15) is 0 Å². The number of hydrogen-bond acceptors (Lipinski definition) is 6. The van der Waals surface area contributed by atoms with Crippen molar-refractivity contribution in [2.45, 2.75) is 12.1 Å². The summed E-state index contributed by atoms with van der Waals surface area (Å²) in [5, 5.41) is 10.8. The molecule has 0 radical (unpaired) electrons. The van der Waals surface area contributed by atoms with Gasteiger partial charge in [0.1, 0.15) is 5.92 Å². The lowest BCUT2D eigenvalue weighted by molar-refractivity contribution is -0.126. The number of aromatic carboxylic acids is 1. The monoisotopic (exact) mass is 457 g/mol. The minimum absolute atomic E-state index is 0.0772. The highest BCUT2D eigenvalue weighted by Crippen LogP contribution is 2.47. The average Bonchev–Trinajstić information content (AvgIpc) is 3.35. The van der Waals surface area contributed by atoms with Crippen molar-refractivity contribution in [2.24, 2.45) is 5.92 Å². The molecular formula is C26H23N3O5. The van der Waals surface area contributed by atoms with Gasteiger partial charge in [0, 0.05) is 19.8 Å². The van der Waals surface area contributed by atoms with Gasteiger partial charge < -0.3 is 10.0 Å². The molecule has 8 heteroatoms. The van der Waals surface area contributed by atoms with Crippen molar-refractivity contribution in [1.82, 2.24) is 0 Å². The second-order valence-corrected chi connectivity index (χ2v) is 8.51. The molecule has 2 amide bonds. The number of carboxylic acids is 1. The third-order valence-electron chi connectivity index (χ3n) is 6.25. The highest BCUT2D eigenvalue weighted by molar-refractivity contribution is 6.24. The van der Waals surface area contributed by atoms with Crippen LogP contribution >= 0.6 is 0 Å². The van der Waals surface area contributed by atoms with E-state index in [1.54, 1.807) is 5.06 Å². The lowest BCUT2D eigenvalue weighted by Crippen LogP contribution is -2.37. The Bertz CT molecular complexity index is 1240. The van der Waals surface area contributed by atoms with E-state index >= 15 is 0 Å². The van der Waals surface area contributed by atoms with Gasteiger partial charge in [-0.15, -0.1) is 0 Å². The van der Waals surface area contributed by atoms with Gasteiger partial charge in [0.2, 0.25) is 5.91 Å². The Kier molecular flexibility index (Phi) is 5.30. The SMILES string of the molecule is CN(C)c1ccc([C@@H]2[C@@H]3C(=O)N(c4ccc(C(=O)O)cc4)C(=O)[C@@H]3ON2c2ccccc2)cc1. The molecule has 0 aliphatic carbocycles. The summed E-state index contributed by atoms with van der Waals surface area (Å²) in [6, 6.07) is 22.4. The van der Waals surface area contributed by atoms with Crippen LogP contribution in [0.1, 0.15) is 22.0 Å². The van der Waals surface area contributed by atoms with Crippen molar-refractivity contribution in [3.63, 3.8) is 0 Å². The number of para-hydroxylation sites is 1. The van der Waals surface area contributed by atoms with Crippen LogP contribution in [0.3, 0.4) is 0 Å². The third kappa shape index (κ3) is 3.48. The number of imide groups is 1. The molecular weight excluding hydrogens is 434 g/mol. The highest BCUT2D eigenvalue weighted by atomic mass is 16.7. The molecule has 8 nitrogen and oxygen atoms in total. The number of anilines is 3. The Balaban J connectivity index is 1.54. The molecule has 2 saturated heterocycles. The second-order valence-electron chi connectivity index (χ2n) is 8.51. The summed E-state index contributed by atoms with van der Waals surface area (Å²) in [5.74, 6) is -2.67. The smallest absolute Gasteiger partial charge is 0.335 e. The standard InChI is InChI=1S/C26H23N3O5/c1-27(2)18-12-8-16(9-13-18)22-21-23(34-29(22)20-6-4-3-5-7-20)25(31)28(24(21)30)19-14-10-17(11-15-19)26(32)33/h3-15,21-23H,1-2H3,(H,32,33)/t21-,22+,23+/m0/s1. The van der Waals surface area contributed by atoms with E-state index in [1.165, 1.54) is 24.3 Å². The summed E-state index contributed by atoms with van der Waals surface area (Å²) in [6.07, 6.45) is -0.981. The third-order valence-corrected chi connectivity index (χ3v) is 6.25. The van der Waals surface area contributed by atoms with Gasteiger partial charge in [0.05, 0.1) is 23.0 Å². The van der Waals surface area contributed by atoms with Gasteiger partial charge in [-0.05, 0) is 54.1 Å². The van der Waals surface area contributed by atoms with Crippen LogP contribution in [-0.2, 0) is 14.4 Å². The quantitative estimate of drug-likeness (QED) is 0.587. The molecule has 0 bridgehead atoms. The van der Waals surface area contributed by atoms with Crippen molar-refractivity contribution in [3.05, 3.63) is 90.0 Å². The van der Waals surface area contributed by atoms with E-state index < -0.39 is 29.9 Å². The van der Waals surface area contributed by atoms with Gasteiger partial charge in [0.25, 0.3) is 5.91 Å². The first kappa shape index (κ1) is 21.7. The van der Waals surface area contributed by atoms with Crippen molar-refractivity contribution in [3.8, 4) is 0 Å². The van der Waals surface area contributed by atoms with Crippen LogP contribution < -0.4 is 14.9 Å². The molecule has 2 heterocycles. The molecule has 172 valence electrons. The van der Waals surface area contributed by atoms with Gasteiger partial charge in [-0.1, -0.05) is 30.3 Å². The molecule has 2 aliphatic rings. The molecule has 3 aromatic carbocycles. The molecule has 0 spiro atoms. The lowest BCUT2D eigenvalue weighted by Gasteiger charge is -2.29. The van der Waals surface area contributed by atoms with E-state index in [0.29, 0.717) is 5.69 Å². The molecule has 2 aliphatic heterocycles. The van der Waals surface area contributed by atoms with Crippen molar-refractivity contribution in [2.75, 3.05) is 29.0 Å². The number of fused-ring (bicyclic) bond motifs is 1. The van der Waals surface area contributed by atoms with Crippen LogP contribution in [0.4, 0.5) is 17.1 Å². The summed E-state index contributed by atoms with van der Waals surface area (Å²) < 4.78 is 0. The fourth-order valence-corrected chi connectivity index (χ4v) is 4.53. The zero-order valence-electron chi connectivity index (χ0n) is 18.7. The van der Waals surface area contributed by atoms with Gasteiger partial charge in [-0.3, -0.25) is 14.4 Å². The highest BCUT2D eigenvalue weighted by Gasteiger charge is 2.60. The molecule has 3 atom stereocenters. The minimum Gasteiger partial charge on any atom is -0.478 e. The number of carbonyl (C=O) groups is 3. The first-order valence-corrected chi connectivity index (χ1v) is 10.9. The number of rotatable bonds is 5. The largest absolute Gasteiger partial charge is 0.478 e. The van der Waals surface area contributed by atoms with E-state index in [-0.39, 0.29) is 11.5 Å². The second kappa shape index (κ2) is 8.31. The van der Waals surface area contributed by atoms with E-state index in [1.807, 2.05) is 73.6 Å². The lowest BCUT2D eigenvalue weighted by atomic mass is 9.90. The molecule has 34 heavy (non-hydrogen) atoms. The topological polar surface area (TPSA) is 90.4 Å². The van der Waals surface area contributed by atoms with Gasteiger partial charge in [0.15, 0.2) is 6.10 Å². The maximum Gasteiger partial charge on any atom is 0.335 e. The maximum absolute atomic E-state index is 13.6. The summed E-state index contributed by atoms with van der Waals surface area (Å²) in [7, 11) is 3.90. The molecule has 2 fully saturated rings. The fraction of sp³-hybridized carbons (Fsp3) is 0.192. The summed E-state index contributed by atoms with van der Waals surface area (Å²) in [5.41, 5.74) is 3.02. The van der Waals surface area contributed by atoms with E-state index in [9.17, 15) is 14.4 Å². The van der Waals surface area contributed by atoms with E-state index in [4.69, 9.17) is 9.94 Å². The number of hydrogen-bond donors (Lipinski definition) is 1. The minimum atomic E-state index is -1.08. The number of carbonyl (C=O) groups excluding carboxylic acids is 2. The van der Waals surface area contributed by atoms with Crippen molar-refractivity contribution < 1.29 is 24.3 Å². The Morgan fingerprint density at radius 1 is 0.853 bits per heavy atom. The van der Waals surface area contributed by atoms with Crippen molar-refractivity contribution in [1.29, 1.82) is 0 Å². The zero-order valence-corrected chi connectivity index (χ0v) is 18.7. The molecule has 5 rings (SSSR count). The van der Waals surface area contributed by atoms with Crippen LogP contribution in [0, 0.1) is 5.92 Å². The van der Waals surface area contributed by atoms with Crippen LogP contribution in [0.2, 0.25) is 0 Å². The summed E-state index contributed by atoms with van der Waals surface area (Å²) >= 11 is 0. The number of benzene rings is 3. The first-order chi connectivity index (χ1) is 16.4. The van der Waals surface area contributed by atoms with Gasteiger partial charge >= 0.3 is 5.97 Å². The Hall–Kier alpha value is -4.17. The predicted octanol–water partition coefficient (Wildman–Crippen LogP) is 3.50. The zero-order chi connectivity index (χ0) is 24.0. The first-order valence-electron chi connectivity index (χ1n) is 10.9. The summed E-state index contributed by atoms with van der Waals surface area (Å²) in [4.78, 5) is 47.4. The molecule has 3 aromatic rings. The molecule has 0 unspecified atom stereocenters. The Morgan fingerprint density at radius 2 is 1.50 bits per heavy atom. The predicted molar refractivity (Wildman–Crippen MR) is 127 cm³/mol. The Morgan fingerprint density at radius 3 is 2.09 bits per heavy atom. The molecule has 0 saturated carbocycles. The number of carboxylic acid groups (broad SMARTS) is 1. The fourth-order valence-electron chi connectivity index (χ4n) is 4.53. The maximum atomic E-state index is 13.6. The number of amides is 2. The van der Waals surface area contributed by atoms with Crippen molar-refractivity contribution >= 4 is 34.8 Å². The van der Waals surface area contributed by atoms with Crippen LogP contribution in [0.5, 0.6) is 0 Å². The van der Waals surface area contributed by atoms with Gasteiger partial charge in [-0.25, -0.2) is 14.8 Å². The van der Waals surface area contributed by atoms with E-state index in [2.05, 4.69) is 0 Å². The summed E-state index contributed by atoms with van der Waals surface area (Å²) in [6.45, 7) is 0. The normalized spacial score (nSPS) is 21.6. The molecule has 1 N–H and O–H groups in total. The molecule has 0 aromatic heterocycles. The van der Waals surface area contributed by atoms with E-state index in [0.717, 1.165) is 21.8 Å². The Labute approximate surface area is 196 Å². The number of hydroxylamine groups is 1. The number of nitrogens with zero attached hydrogens (tertiary/aromatic N) is 3.